The Morgan fingerprint density at radius 2 is 1.88 bits per heavy atom. The van der Waals surface area contributed by atoms with Crippen molar-refractivity contribution in [2.75, 3.05) is 13.1 Å². The number of hydrogen-bond donors (Lipinski definition) is 1. The first-order chi connectivity index (χ1) is 8.13. The van der Waals surface area contributed by atoms with Crippen LogP contribution in [0.25, 0.3) is 0 Å². The summed E-state index contributed by atoms with van der Waals surface area (Å²) in [7, 11) is -0.922. The second-order valence-electron chi connectivity index (χ2n) is 4.03. The lowest BCUT2D eigenvalue weighted by atomic mass is 9.76. The molecular formula is C11H18BNO4. The van der Waals surface area contributed by atoms with Crippen molar-refractivity contribution in [2.24, 2.45) is 0 Å². The van der Waals surface area contributed by atoms with E-state index in [4.69, 9.17) is 9.31 Å². The minimum absolute atomic E-state index is 0.0217. The first-order valence-corrected chi connectivity index (χ1v) is 5.91. The Bertz CT molecular complexity index is 288. The molecule has 1 N–H and O–H groups in total. The number of carbonyl (C=O) groups excluding carboxylic acids is 2. The number of rotatable bonds is 5. The fraction of sp³-hybridized carbons (Fsp3) is 0.636. The minimum atomic E-state index is -0.922. The van der Waals surface area contributed by atoms with Crippen LogP contribution < -0.4 is 5.32 Å². The summed E-state index contributed by atoms with van der Waals surface area (Å²) in [5.41, 5.74) is 0.641. The summed E-state index contributed by atoms with van der Waals surface area (Å²) < 4.78 is 10.0. The van der Waals surface area contributed by atoms with Gasteiger partial charge >= 0.3 is 19.1 Å². The normalized spacial score (nSPS) is 16.9. The van der Waals surface area contributed by atoms with Gasteiger partial charge in [-0.1, -0.05) is 26.2 Å². The third kappa shape index (κ3) is 5.04. The Kier molecular flexibility index (Phi) is 5.76. The lowest BCUT2D eigenvalue weighted by molar-refractivity contribution is -0.141. The maximum atomic E-state index is 11.3. The highest BCUT2D eigenvalue weighted by atomic mass is 16.6. The molecule has 0 atom stereocenters. The Hall–Kier alpha value is -1.30. The molecule has 0 spiro atoms. The molecule has 0 saturated carbocycles. The van der Waals surface area contributed by atoms with Gasteiger partial charge in [-0.2, -0.15) is 0 Å². The second-order valence-corrected chi connectivity index (χ2v) is 4.03. The first kappa shape index (κ1) is 13.8. The summed E-state index contributed by atoms with van der Waals surface area (Å²) in [6.07, 6.45) is 3.84. The van der Waals surface area contributed by atoms with Crippen molar-refractivity contribution in [2.45, 2.75) is 32.6 Å². The SMILES string of the molecule is C=C(CCCCC)B1OC(=O)CNCC(=O)O1. The molecule has 1 heterocycles. The van der Waals surface area contributed by atoms with E-state index in [0.717, 1.165) is 19.3 Å². The van der Waals surface area contributed by atoms with E-state index in [1.807, 2.05) is 0 Å². The van der Waals surface area contributed by atoms with Crippen LogP contribution in [0, 0.1) is 0 Å². The van der Waals surface area contributed by atoms with Crippen molar-refractivity contribution in [3.63, 3.8) is 0 Å². The summed E-state index contributed by atoms with van der Waals surface area (Å²) in [4.78, 5) is 22.5. The second kappa shape index (κ2) is 7.11. The van der Waals surface area contributed by atoms with E-state index in [9.17, 15) is 9.59 Å². The first-order valence-electron chi connectivity index (χ1n) is 5.91. The van der Waals surface area contributed by atoms with E-state index in [-0.39, 0.29) is 13.1 Å². The molecule has 0 aliphatic carbocycles. The quantitative estimate of drug-likeness (QED) is 0.568. The van der Waals surface area contributed by atoms with Gasteiger partial charge in [0.05, 0.1) is 13.1 Å². The highest BCUT2D eigenvalue weighted by Crippen LogP contribution is 2.13. The molecule has 5 nitrogen and oxygen atoms in total. The largest absolute Gasteiger partial charge is 0.631 e. The van der Waals surface area contributed by atoms with E-state index >= 15 is 0 Å². The van der Waals surface area contributed by atoms with Gasteiger partial charge in [-0.15, -0.1) is 6.58 Å². The standard InChI is InChI=1S/C11H18BNO4/c1-3-4-5-6-9(2)12-16-10(14)7-13-8-11(15)17-12/h13H,2-8H2,1H3. The van der Waals surface area contributed by atoms with Crippen molar-refractivity contribution in [3.05, 3.63) is 12.1 Å². The number of carbonyl (C=O) groups is 2. The molecule has 0 unspecified atom stereocenters. The molecule has 1 rings (SSSR count). The number of nitrogens with one attached hydrogen (secondary N) is 1. The topological polar surface area (TPSA) is 64.6 Å². The predicted octanol–water partition coefficient (Wildman–Crippen LogP) is 0.840. The average Bonchev–Trinajstić information content (AvgIpc) is 2.26. The van der Waals surface area contributed by atoms with Crippen LogP contribution >= 0.6 is 0 Å². The molecule has 0 amide bonds. The summed E-state index contributed by atoms with van der Waals surface area (Å²) in [6, 6.07) is 0. The molecule has 1 saturated heterocycles. The van der Waals surface area contributed by atoms with Gasteiger partial charge in [0.15, 0.2) is 0 Å². The molecule has 17 heavy (non-hydrogen) atoms. The van der Waals surface area contributed by atoms with E-state index < -0.39 is 19.1 Å². The van der Waals surface area contributed by atoms with Gasteiger partial charge in [0.1, 0.15) is 0 Å². The van der Waals surface area contributed by atoms with Gasteiger partial charge in [-0.3, -0.25) is 14.9 Å². The summed E-state index contributed by atoms with van der Waals surface area (Å²) >= 11 is 0. The smallest absolute Gasteiger partial charge is 0.495 e. The van der Waals surface area contributed by atoms with E-state index in [1.165, 1.54) is 0 Å². The van der Waals surface area contributed by atoms with Crippen LogP contribution in [-0.2, 0) is 18.9 Å². The number of unbranched alkanes of at least 4 members (excludes halogenated alkanes) is 2. The van der Waals surface area contributed by atoms with Crippen molar-refractivity contribution < 1.29 is 18.9 Å². The van der Waals surface area contributed by atoms with Gasteiger partial charge in [0, 0.05) is 0 Å². The van der Waals surface area contributed by atoms with Gasteiger partial charge in [-0.05, 0) is 11.9 Å². The Labute approximate surface area is 102 Å². The van der Waals surface area contributed by atoms with Crippen LogP contribution in [0.4, 0.5) is 0 Å². The highest BCUT2D eigenvalue weighted by Gasteiger charge is 2.32. The third-order valence-electron chi connectivity index (χ3n) is 2.45. The number of hydrogen-bond acceptors (Lipinski definition) is 5. The van der Waals surface area contributed by atoms with E-state index in [1.54, 1.807) is 0 Å². The zero-order valence-corrected chi connectivity index (χ0v) is 10.2. The van der Waals surface area contributed by atoms with Crippen LogP contribution in [-0.4, -0.2) is 32.1 Å². The number of allylic oxidation sites excluding steroid dienone is 1. The molecule has 0 aromatic rings. The predicted molar refractivity (Wildman–Crippen MR) is 64.1 cm³/mol. The molecule has 0 aromatic carbocycles. The molecule has 6 heteroatoms. The Morgan fingerprint density at radius 1 is 1.29 bits per heavy atom. The van der Waals surface area contributed by atoms with E-state index in [0.29, 0.717) is 11.9 Å². The van der Waals surface area contributed by atoms with Gasteiger partial charge < -0.3 is 9.31 Å². The fourth-order valence-corrected chi connectivity index (χ4v) is 1.50. The maximum Gasteiger partial charge on any atom is 0.631 e. The Balaban J connectivity index is 2.48. The lowest BCUT2D eigenvalue weighted by Gasteiger charge is -2.19. The van der Waals surface area contributed by atoms with Crippen LogP contribution in [0.2, 0.25) is 0 Å². The average molecular weight is 239 g/mol. The van der Waals surface area contributed by atoms with Gasteiger partial charge in [0.25, 0.3) is 0 Å². The van der Waals surface area contributed by atoms with Crippen LogP contribution in [0.3, 0.4) is 0 Å². The van der Waals surface area contributed by atoms with Gasteiger partial charge in [-0.25, -0.2) is 0 Å². The fourth-order valence-electron chi connectivity index (χ4n) is 1.50. The maximum absolute atomic E-state index is 11.3. The summed E-state index contributed by atoms with van der Waals surface area (Å²) in [5.74, 6) is -0.863. The zero-order valence-electron chi connectivity index (χ0n) is 10.2. The minimum Gasteiger partial charge on any atom is -0.495 e. The molecule has 0 bridgehead atoms. The van der Waals surface area contributed by atoms with Crippen molar-refractivity contribution in [1.82, 2.24) is 5.32 Å². The molecule has 1 aliphatic rings. The third-order valence-corrected chi connectivity index (χ3v) is 2.45. The Morgan fingerprint density at radius 3 is 2.41 bits per heavy atom. The van der Waals surface area contributed by atoms with Crippen LogP contribution in [0.5, 0.6) is 0 Å². The highest BCUT2D eigenvalue weighted by molar-refractivity contribution is 6.57. The molecule has 0 radical (unpaired) electrons. The zero-order chi connectivity index (χ0) is 12.7. The van der Waals surface area contributed by atoms with Crippen LogP contribution in [0.15, 0.2) is 12.1 Å². The van der Waals surface area contributed by atoms with E-state index in [2.05, 4.69) is 18.8 Å². The summed E-state index contributed by atoms with van der Waals surface area (Å²) in [5, 5.41) is 2.62. The van der Waals surface area contributed by atoms with Gasteiger partial charge in [0.2, 0.25) is 0 Å². The van der Waals surface area contributed by atoms with Crippen molar-refractivity contribution in [1.29, 1.82) is 0 Å². The monoisotopic (exact) mass is 239 g/mol. The molecule has 1 aliphatic heterocycles. The summed E-state index contributed by atoms with van der Waals surface area (Å²) in [6.45, 7) is 5.96. The molecule has 1 fully saturated rings. The molecular weight excluding hydrogens is 221 g/mol. The van der Waals surface area contributed by atoms with Crippen molar-refractivity contribution in [3.8, 4) is 0 Å². The molecule has 94 valence electrons. The molecule has 0 aromatic heterocycles. The van der Waals surface area contributed by atoms with Crippen LogP contribution in [0.1, 0.15) is 32.6 Å². The lowest BCUT2D eigenvalue weighted by Crippen LogP contribution is -2.42. The van der Waals surface area contributed by atoms with Crippen molar-refractivity contribution >= 4 is 19.1 Å².